The molecule has 0 bridgehead atoms. The van der Waals surface area contributed by atoms with Gasteiger partial charge in [-0.25, -0.2) is 0 Å². The standard InChI is InChI=1S/C17H29N5OS/c1-3-22-13-15(14(2)19-22)12-20-6-8-21(9-7-20)17(24)18-11-16-5-4-10-23-16/h13,16H,3-12H2,1-2H3,(H,18,24). The summed E-state index contributed by atoms with van der Waals surface area (Å²) in [7, 11) is 0. The highest BCUT2D eigenvalue weighted by atomic mass is 32.1. The molecule has 134 valence electrons. The highest BCUT2D eigenvalue weighted by Crippen LogP contribution is 2.13. The zero-order chi connectivity index (χ0) is 16.9. The maximum Gasteiger partial charge on any atom is 0.169 e. The van der Waals surface area contributed by atoms with Gasteiger partial charge in [-0.05, 0) is 38.9 Å². The molecule has 0 amide bonds. The lowest BCUT2D eigenvalue weighted by atomic mass is 10.2. The van der Waals surface area contributed by atoms with E-state index in [4.69, 9.17) is 17.0 Å². The first-order chi connectivity index (χ1) is 11.7. The number of hydrogen-bond acceptors (Lipinski definition) is 4. The van der Waals surface area contributed by atoms with Gasteiger partial charge in [0.15, 0.2) is 5.11 Å². The highest BCUT2D eigenvalue weighted by molar-refractivity contribution is 7.80. The Morgan fingerprint density at radius 2 is 2.17 bits per heavy atom. The van der Waals surface area contributed by atoms with Crippen molar-refractivity contribution in [2.75, 3.05) is 39.3 Å². The average Bonchev–Trinajstić information content (AvgIpc) is 3.23. The van der Waals surface area contributed by atoms with E-state index in [1.54, 1.807) is 0 Å². The molecule has 2 fully saturated rings. The van der Waals surface area contributed by atoms with Crippen LogP contribution in [-0.2, 0) is 17.8 Å². The van der Waals surface area contributed by atoms with Crippen molar-refractivity contribution in [2.24, 2.45) is 0 Å². The van der Waals surface area contributed by atoms with Gasteiger partial charge >= 0.3 is 0 Å². The molecule has 0 saturated carbocycles. The third-order valence-electron chi connectivity index (χ3n) is 4.93. The fourth-order valence-electron chi connectivity index (χ4n) is 3.34. The Labute approximate surface area is 150 Å². The molecule has 0 aromatic carbocycles. The zero-order valence-electron chi connectivity index (χ0n) is 14.8. The Bertz CT molecular complexity index is 547. The molecule has 0 radical (unpaired) electrons. The third-order valence-corrected chi connectivity index (χ3v) is 5.33. The second-order valence-electron chi connectivity index (χ2n) is 6.68. The minimum atomic E-state index is 0.335. The predicted octanol–water partition coefficient (Wildman–Crippen LogP) is 1.38. The Morgan fingerprint density at radius 1 is 1.38 bits per heavy atom. The van der Waals surface area contributed by atoms with E-state index in [0.717, 1.165) is 69.6 Å². The van der Waals surface area contributed by atoms with Gasteiger partial charge in [-0.1, -0.05) is 0 Å². The van der Waals surface area contributed by atoms with Crippen LogP contribution in [0.25, 0.3) is 0 Å². The number of hydrogen-bond donors (Lipinski definition) is 1. The van der Waals surface area contributed by atoms with Crippen LogP contribution in [0, 0.1) is 6.92 Å². The fraction of sp³-hybridized carbons (Fsp3) is 0.765. The molecule has 3 heterocycles. The minimum Gasteiger partial charge on any atom is -0.376 e. The van der Waals surface area contributed by atoms with Crippen LogP contribution in [0.5, 0.6) is 0 Å². The topological polar surface area (TPSA) is 45.6 Å². The number of aromatic nitrogens is 2. The first-order valence-corrected chi connectivity index (χ1v) is 9.46. The molecule has 2 aliphatic heterocycles. The molecule has 7 heteroatoms. The summed E-state index contributed by atoms with van der Waals surface area (Å²) in [5.74, 6) is 0. The second-order valence-corrected chi connectivity index (χ2v) is 7.07. The normalized spacial score (nSPS) is 22.1. The number of aryl methyl sites for hydroxylation is 2. The van der Waals surface area contributed by atoms with Crippen LogP contribution in [0.1, 0.15) is 31.0 Å². The molecule has 2 saturated heterocycles. The van der Waals surface area contributed by atoms with Crippen molar-refractivity contribution in [3.63, 3.8) is 0 Å². The van der Waals surface area contributed by atoms with Crippen molar-refractivity contribution >= 4 is 17.3 Å². The average molecular weight is 352 g/mol. The summed E-state index contributed by atoms with van der Waals surface area (Å²) in [6.07, 6.45) is 4.83. The summed E-state index contributed by atoms with van der Waals surface area (Å²) in [6.45, 7) is 11.9. The van der Waals surface area contributed by atoms with E-state index >= 15 is 0 Å². The maximum atomic E-state index is 5.64. The van der Waals surface area contributed by atoms with Crippen molar-refractivity contribution in [3.05, 3.63) is 17.5 Å². The number of ether oxygens (including phenoxy) is 1. The van der Waals surface area contributed by atoms with Gasteiger partial charge in [0.25, 0.3) is 0 Å². The van der Waals surface area contributed by atoms with Gasteiger partial charge in [-0.3, -0.25) is 9.58 Å². The SMILES string of the molecule is CCn1cc(CN2CCN(C(=S)NCC3CCCO3)CC2)c(C)n1. The van der Waals surface area contributed by atoms with Crippen LogP contribution >= 0.6 is 12.2 Å². The summed E-state index contributed by atoms with van der Waals surface area (Å²) in [5, 5.41) is 8.79. The number of rotatable bonds is 5. The van der Waals surface area contributed by atoms with Gasteiger partial charge in [0.05, 0.1) is 11.8 Å². The molecule has 1 N–H and O–H groups in total. The number of nitrogens with zero attached hydrogens (tertiary/aromatic N) is 4. The molecule has 1 aromatic heterocycles. The van der Waals surface area contributed by atoms with Gasteiger partial charge < -0.3 is 15.0 Å². The van der Waals surface area contributed by atoms with Gasteiger partial charge in [-0.15, -0.1) is 0 Å². The lowest BCUT2D eigenvalue weighted by Crippen LogP contribution is -2.52. The monoisotopic (exact) mass is 351 g/mol. The van der Waals surface area contributed by atoms with E-state index in [-0.39, 0.29) is 0 Å². The molecular weight excluding hydrogens is 322 g/mol. The lowest BCUT2D eigenvalue weighted by Gasteiger charge is -2.36. The Kier molecular flexibility index (Phi) is 6.08. The molecule has 6 nitrogen and oxygen atoms in total. The van der Waals surface area contributed by atoms with E-state index < -0.39 is 0 Å². The van der Waals surface area contributed by atoms with Gasteiger partial charge in [0.1, 0.15) is 0 Å². The van der Waals surface area contributed by atoms with Gasteiger partial charge in [0.2, 0.25) is 0 Å². The maximum absolute atomic E-state index is 5.64. The van der Waals surface area contributed by atoms with E-state index in [9.17, 15) is 0 Å². The van der Waals surface area contributed by atoms with Gasteiger partial charge in [0, 0.05) is 64.2 Å². The summed E-state index contributed by atoms with van der Waals surface area (Å²) in [6, 6.07) is 0. The molecule has 1 atom stereocenters. The Balaban J connectivity index is 1.41. The summed E-state index contributed by atoms with van der Waals surface area (Å²) < 4.78 is 7.66. The van der Waals surface area contributed by atoms with Gasteiger partial charge in [-0.2, -0.15) is 5.10 Å². The fourth-order valence-corrected chi connectivity index (χ4v) is 3.61. The van der Waals surface area contributed by atoms with Crippen LogP contribution in [0.15, 0.2) is 6.20 Å². The molecule has 0 spiro atoms. The lowest BCUT2D eigenvalue weighted by molar-refractivity contribution is 0.112. The van der Waals surface area contributed by atoms with Crippen LogP contribution in [0.3, 0.4) is 0 Å². The summed E-state index contributed by atoms with van der Waals surface area (Å²) in [4.78, 5) is 4.77. The Morgan fingerprint density at radius 3 is 2.79 bits per heavy atom. The highest BCUT2D eigenvalue weighted by Gasteiger charge is 2.21. The quantitative estimate of drug-likeness (QED) is 0.809. The number of nitrogens with one attached hydrogen (secondary N) is 1. The molecular formula is C17H29N5OS. The molecule has 1 unspecified atom stereocenters. The van der Waals surface area contributed by atoms with E-state index in [1.807, 2.05) is 4.68 Å². The van der Waals surface area contributed by atoms with Crippen LogP contribution in [0.2, 0.25) is 0 Å². The van der Waals surface area contributed by atoms with Crippen LogP contribution in [0.4, 0.5) is 0 Å². The smallest absolute Gasteiger partial charge is 0.169 e. The van der Waals surface area contributed by atoms with E-state index in [2.05, 4.69) is 40.3 Å². The molecule has 3 rings (SSSR count). The van der Waals surface area contributed by atoms with Crippen LogP contribution in [-0.4, -0.2) is 70.1 Å². The molecule has 0 aliphatic carbocycles. The first kappa shape index (κ1) is 17.6. The van der Waals surface area contributed by atoms with E-state index in [0.29, 0.717) is 6.10 Å². The van der Waals surface area contributed by atoms with Crippen molar-refractivity contribution in [1.29, 1.82) is 0 Å². The molecule has 24 heavy (non-hydrogen) atoms. The minimum absolute atomic E-state index is 0.335. The van der Waals surface area contributed by atoms with Crippen molar-refractivity contribution in [1.82, 2.24) is 24.9 Å². The number of piperazine rings is 1. The van der Waals surface area contributed by atoms with Crippen molar-refractivity contribution in [2.45, 2.75) is 45.9 Å². The van der Waals surface area contributed by atoms with E-state index in [1.165, 1.54) is 12.0 Å². The number of thiocarbonyl (C=S) groups is 1. The Hall–Kier alpha value is -1.18. The van der Waals surface area contributed by atoms with Crippen LogP contribution < -0.4 is 5.32 Å². The van der Waals surface area contributed by atoms with Crippen molar-refractivity contribution in [3.8, 4) is 0 Å². The molecule has 2 aliphatic rings. The van der Waals surface area contributed by atoms with Crippen molar-refractivity contribution < 1.29 is 4.74 Å². The zero-order valence-corrected chi connectivity index (χ0v) is 15.6. The first-order valence-electron chi connectivity index (χ1n) is 9.05. The molecule has 1 aromatic rings. The second kappa shape index (κ2) is 8.27. The predicted molar refractivity (Wildman–Crippen MR) is 99.1 cm³/mol. The third kappa shape index (κ3) is 4.46. The largest absolute Gasteiger partial charge is 0.376 e. The summed E-state index contributed by atoms with van der Waals surface area (Å²) in [5.41, 5.74) is 2.48. The summed E-state index contributed by atoms with van der Waals surface area (Å²) >= 11 is 5.54.